The summed E-state index contributed by atoms with van der Waals surface area (Å²) in [6, 6.07) is 8.32. The van der Waals surface area contributed by atoms with E-state index in [9.17, 15) is 0 Å². The number of nitrogens with two attached hydrogens (primary N) is 1. The van der Waals surface area contributed by atoms with Crippen molar-refractivity contribution in [3.63, 3.8) is 0 Å². The minimum absolute atomic E-state index is 0.153. The lowest BCUT2D eigenvalue weighted by Crippen LogP contribution is -2.34. The van der Waals surface area contributed by atoms with Crippen molar-refractivity contribution in [3.05, 3.63) is 29.8 Å². The Morgan fingerprint density at radius 3 is 2.17 bits per heavy atom. The predicted octanol–water partition coefficient (Wildman–Crippen LogP) is 3.84. The molecule has 1 aromatic rings. The second-order valence-corrected chi connectivity index (χ2v) is 6.69. The first-order valence-electron chi connectivity index (χ1n) is 6.87. The van der Waals surface area contributed by atoms with Gasteiger partial charge in [0, 0.05) is 5.54 Å². The highest BCUT2D eigenvalue weighted by Crippen LogP contribution is 2.47. The van der Waals surface area contributed by atoms with Crippen molar-refractivity contribution in [1.29, 1.82) is 0 Å². The van der Waals surface area contributed by atoms with Crippen molar-refractivity contribution >= 4 is 0 Å². The molecule has 1 atom stereocenters. The van der Waals surface area contributed by atoms with Gasteiger partial charge in [-0.05, 0) is 56.2 Å². The molecule has 1 saturated carbocycles. The number of hydrogen-bond acceptors (Lipinski definition) is 2. The lowest BCUT2D eigenvalue weighted by molar-refractivity contribution is 0.242. The first-order chi connectivity index (χ1) is 8.31. The Morgan fingerprint density at radius 1 is 1.11 bits per heavy atom. The average Bonchev–Trinajstić information content (AvgIpc) is 2.54. The van der Waals surface area contributed by atoms with Crippen LogP contribution in [0.3, 0.4) is 0 Å². The maximum absolute atomic E-state index is 6.57. The molecule has 2 nitrogen and oxygen atoms in total. The number of benzene rings is 1. The van der Waals surface area contributed by atoms with Crippen LogP contribution >= 0.6 is 0 Å². The van der Waals surface area contributed by atoms with Gasteiger partial charge in [0.1, 0.15) is 5.75 Å². The minimum atomic E-state index is -0.153. The summed E-state index contributed by atoms with van der Waals surface area (Å²) in [4.78, 5) is 0. The van der Waals surface area contributed by atoms with Gasteiger partial charge in [-0.2, -0.15) is 0 Å². The lowest BCUT2D eigenvalue weighted by Gasteiger charge is -2.27. The average molecular weight is 247 g/mol. The molecule has 1 aromatic carbocycles. The second-order valence-electron chi connectivity index (χ2n) is 6.69. The fourth-order valence-electron chi connectivity index (χ4n) is 2.98. The van der Waals surface area contributed by atoms with E-state index in [4.69, 9.17) is 10.5 Å². The van der Waals surface area contributed by atoms with Gasteiger partial charge in [0.25, 0.3) is 0 Å². The number of hydrogen-bond donors (Lipinski definition) is 1. The molecule has 2 heteroatoms. The van der Waals surface area contributed by atoms with Gasteiger partial charge in [-0.3, -0.25) is 0 Å². The summed E-state index contributed by atoms with van der Waals surface area (Å²) in [5, 5.41) is 0. The highest BCUT2D eigenvalue weighted by Gasteiger charge is 2.41. The van der Waals surface area contributed by atoms with Gasteiger partial charge in [0.2, 0.25) is 0 Å². The zero-order valence-electron chi connectivity index (χ0n) is 12.0. The largest absolute Gasteiger partial charge is 0.491 e. The Morgan fingerprint density at radius 2 is 1.72 bits per heavy atom. The van der Waals surface area contributed by atoms with Gasteiger partial charge in [-0.15, -0.1) is 0 Å². The SMILES string of the molecule is CC(C)Oc1ccc(C2(N)CCC(C)(C)C2)cc1. The van der Waals surface area contributed by atoms with E-state index < -0.39 is 0 Å². The second kappa shape index (κ2) is 4.58. The van der Waals surface area contributed by atoms with E-state index >= 15 is 0 Å². The zero-order valence-corrected chi connectivity index (χ0v) is 12.0. The maximum atomic E-state index is 6.57. The third-order valence-electron chi connectivity index (χ3n) is 3.84. The standard InChI is InChI=1S/C16H25NO/c1-12(2)18-14-7-5-13(6-8-14)16(17)10-9-15(3,4)11-16/h5-8,12H,9-11,17H2,1-4H3. The van der Waals surface area contributed by atoms with Gasteiger partial charge in [-0.1, -0.05) is 26.0 Å². The molecule has 0 radical (unpaired) electrons. The molecule has 0 aromatic heterocycles. The molecule has 1 fully saturated rings. The lowest BCUT2D eigenvalue weighted by atomic mass is 9.84. The zero-order chi connectivity index (χ0) is 13.4. The smallest absolute Gasteiger partial charge is 0.119 e. The molecule has 0 saturated heterocycles. The number of rotatable bonds is 3. The Bertz CT molecular complexity index is 408. The molecule has 1 unspecified atom stereocenters. The normalized spacial score (nSPS) is 26.6. The van der Waals surface area contributed by atoms with Crippen molar-refractivity contribution in [2.24, 2.45) is 11.1 Å². The molecular weight excluding hydrogens is 222 g/mol. The maximum Gasteiger partial charge on any atom is 0.119 e. The number of ether oxygens (including phenoxy) is 1. The highest BCUT2D eigenvalue weighted by molar-refractivity contribution is 5.33. The van der Waals surface area contributed by atoms with Crippen LogP contribution in [0, 0.1) is 5.41 Å². The van der Waals surface area contributed by atoms with Crippen LogP contribution in [-0.2, 0) is 5.54 Å². The van der Waals surface area contributed by atoms with Gasteiger partial charge in [0.05, 0.1) is 6.10 Å². The van der Waals surface area contributed by atoms with E-state index in [1.807, 2.05) is 26.0 Å². The van der Waals surface area contributed by atoms with Crippen LogP contribution in [0.25, 0.3) is 0 Å². The van der Waals surface area contributed by atoms with Crippen LogP contribution in [-0.4, -0.2) is 6.10 Å². The molecular formula is C16H25NO. The summed E-state index contributed by atoms with van der Waals surface area (Å²) in [7, 11) is 0. The van der Waals surface area contributed by atoms with Gasteiger partial charge >= 0.3 is 0 Å². The Kier molecular flexibility index (Phi) is 3.41. The molecule has 0 aliphatic heterocycles. The van der Waals surface area contributed by atoms with Gasteiger partial charge in [-0.25, -0.2) is 0 Å². The van der Waals surface area contributed by atoms with E-state index in [0.717, 1.165) is 18.6 Å². The summed E-state index contributed by atoms with van der Waals surface area (Å²) in [5.41, 5.74) is 8.02. The quantitative estimate of drug-likeness (QED) is 0.880. The van der Waals surface area contributed by atoms with Crippen molar-refractivity contribution < 1.29 is 4.74 Å². The van der Waals surface area contributed by atoms with E-state index in [0.29, 0.717) is 5.41 Å². The van der Waals surface area contributed by atoms with E-state index in [1.54, 1.807) is 0 Å². The van der Waals surface area contributed by atoms with Crippen LogP contribution in [0.4, 0.5) is 0 Å². The molecule has 18 heavy (non-hydrogen) atoms. The molecule has 1 aliphatic rings. The first kappa shape index (κ1) is 13.4. The molecule has 0 spiro atoms. The monoisotopic (exact) mass is 247 g/mol. The Hall–Kier alpha value is -1.02. The van der Waals surface area contributed by atoms with Gasteiger partial charge < -0.3 is 10.5 Å². The summed E-state index contributed by atoms with van der Waals surface area (Å²) >= 11 is 0. The molecule has 2 N–H and O–H groups in total. The van der Waals surface area contributed by atoms with E-state index in [1.165, 1.54) is 12.0 Å². The summed E-state index contributed by atoms with van der Waals surface area (Å²) in [5.74, 6) is 0.926. The van der Waals surface area contributed by atoms with Crippen LogP contribution in [0.1, 0.15) is 52.5 Å². The summed E-state index contributed by atoms with van der Waals surface area (Å²) in [6.45, 7) is 8.69. The van der Waals surface area contributed by atoms with Gasteiger partial charge in [0.15, 0.2) is 0 Å². The van der Waals surface area contributed by atoms with Crippen LogP contribution < -0.4 is 10.5 Å². The minimum Gasteiger partial charge on any atom is -0.491 e. The van der Waals surface area contributed by atoms with Crippen LogP contribution in [0.5, 0.6) is 5.75 Å². The molecule has 1 aliphatic carbocycles. The third kappa shape index (κ3) is 2.86. The first-order valence-corrected chi connectivity index (χ1v) is 6.87. The topological polar surface area (TPSA) is 35.2 Å². The highest BCUT2D eigenvalue weighted by atomic mass is 16.5. The summed E-state index contributed by atoms with van der Waals surface area (Å²) in [6.07, 6.45) is 3.55. The van der Waals surface area contributed by atoms with Crippen LogP contribution in [0.15, 0.2) is 24.3 Å². The van der Waals surface area contributed by atoms with E-state index in [-0.39, 0.29) is 11.6 Å². The molecule has 100 valence electrons. The molecule has 2 rings (SSSR count). The Balaban J connectivity index is 2.15. The molecule has 0 bridgehead atoms. The van der Waals surface area contributed by atoms with E-state index in [2.05, 4.69) is 26.0 Å². The molecule has 0 heterocycles. The Labute approximate surface area is 111 Å². The fraction of sp³-hybridized carbons (Fsp3) is 0.625. The third-order valence-corrected chi connectivity index (χ3v) is 3.84. The molecule has 0 amide bonds. The predicted molar refractivity (Wildman–Crippen MR) is 75.7 cm³/mol. The van der Waals surface area contributed by atoms with Crippen molar-refractivity contribution in [2.45, 2.75) is 58.6 Å². The summed E-state index contributed by atoms with van der Waals surface area (Å²) < 4.78 is 5.66. The van der Waals surface area contributed by atoms with Crippen molar-refractivity contribution in [2.75, 3.05) is 0 Å². The van der Waals surface area contributed by atoms with Crippen LogP contribution in [0.2, 0.25) is 0 Å². The fourth-order valence-corrected chi connectivity index (χ4v) is 2.98. The van der Waals surface area contributed by atoms with Crippen molar-refractivity contribution in [3.8, 4) is 5.75 Å². The van der Waals surface area contributed by atoms with Crippen molar-refractivity contribution in [1.82, 2.24) is 0 Å².